The van der Waals surface area contributed by atoms with Gasteiger partial charge in [-0.15, -0.1) is 0 Å². The van der Waals surface area contributed by atoms with Gasteiger partial charge in [0.2, 0.25) is 0 Å². The van der Waals surface area contributed by atoms with Crippen LogP contribution in [0.3, 0.4) is 0 Å². The minimum absolute atomic E-state index is 0.0603. The Balaban J connectivity index is 2.20. The Morgan fingerprint density at radius 2 is 1.94 bits per heavy atom. The fourth-order valence-corrected chi connectivity index (χ4v) is 1.99. The molecule has 0 unspecified atom stereocenters. The molecular formula is C11H12Cl2N2O2. The molecule has 1 aliphatic rings. The molecule has 0 radical (unpaired) electrons. The van der Waals surface area contributed by atoms with Gasteiger partial charge in [-0.3, -0.25) is 4.79 Å². The second kappa shape index (κ2) is 4.37. The van der Waals surface area contributed by atoms with Crippen molar-refractivity contribution in [2.75, 3.05) is 12.3 Å². The van der Waals surface area contributed by atoms with Crippen LogP contribution in [0.2, 0.25) is 10.0 Å². The lowest BCUT2D eigenvalue weighted by atomic mass is 10.1. The van der Waals surface area contributed by atoms with Gasteiger partial charge in [-0.25, -0.2) is 0 Å². The average molecular weight is 275 g/mol. The molecule has 1 aliphatic carbocycles. The quantitative estimate of drug-likeness (QED) is 0.737. The molecule has 0 saturated heterocycles. The summed E-state index contributed by atoms with van der Waals surface area (Å²) in [5, 5.41) is 12.4. The number of nitrogen functional groups attached to an aromatic ring is 1. The molecule has 92 valence electrons. The number of rotatable bonds is 3. The minimum Gasteiger partial charge on any atom is -0.396 e. The molecule has 4 nitrogen and oxygen atoms in total. The summed E-state index contributed by atoms with van der Waals surface area (Å²) >= 11 is 11.7. The van der Waals surface area contributed by atoms with Crippen LogP contribution >= 0.6 is 23.2 Å². The third-order valence-corrected chi connectivity index (χ3v) is 3.50. The van der Waals surface area contributed by atoms with Crippen molar-refractivity contribution in [1.29, 1.82) is 0 Å². The van der Waals surface area contributed by atoms with E-state index >= 15 is 0 Å². The number of benzene rings is 1. The molecule has 0 aromatic heterocycles. The van der Waals surface area contributed by atoms with Gasteiger partial charge in [-0.1, -0.05) is 23.2 Å². The molecule has 1 saturated carbocycles. The molecule has 0 spiro atoms. The van der Waals surface area contributed by atoms with Crippen LogP contribution in [0.1, 0.15) is 23.2 Å². The lowest BCUT2D eigenvalue weighted by Gasteiger charge is -2.14. The van der Waals surface area contributed by atoms with E-state index in [-0.39, 0.29) is 28.2 Å². The predicted octanol–water partition coefficient (Wildman–Crippen LogP) is 1.83. The van der Waals surface area contributed by atoms with Crippen LogP contribution in [0.15, 0.2) is 12.1 Å². The zero-order valence-corrected chi connectivity index (χ0v) is 10.5. The van der Waals surface area contributed by atoms with Crippen molar-refractivity contribution >= 4 is 34.8 Å². The molecule has 6 heteroatoms. The zero-order valence-electron chi connectivity index (χ0n) is 8.96. The van der Waals surface area contributed by atoms with E-state index in [0.29, 0.717) is 5.56 Å². The van der Waals surface area contributed by atoms with Gasteiger partial charge in [-0.05, 0) is 25.0 Å². The van der Waals surface area contributed by atoms with Crippen molar-refractivity contribution in [3.63, 3.8) is 0 Å². The second-order valence-electron chi connectivity index (χ2n) is 4.25. The van der Waals surface area contributed by atoms with Crippen LogP contribution in [0.4, 0.5) is 5.69 Å². The monoisotopic (exact) mass is 274 g/mol. The van der Waals surface area contributed by atoms with Gasteiger partial charge in [0, 0.05) is 5.56 Å². The Hall–Kier alpha value is -0.970. The number of aliphatic hydroxyl groups excluding tert-OH is 1. The van der Waals surface area contributed by atoms with E-state index in [2.05, 4.69) is 5.32 Å². The van der Waals surface area contributed by atoms with Crippen molar-refractivity contribution < 1.29 is 9.90 Å². The van der Waals surface area contributed by atoms with Crippen molar-refractivity contribution in [2.24, 2.45) is 0 Å². The molecule has 1 amide bonds. The topological polar surface area (TPSA) is 75.4 Å². The highest BCUT2D eigenvalue weighted by molar-refractivity contribution is 6.39. The number of nitrogens with one attached hydrogen (secondary N) is 1. The Kier molecular flexibility index (Phi) is 3.21. The Bertz CT molecular complexity index is 450. The Morgan fingerprint density at radius 1 is 1.41 bits per heavy atom. The molecule has 1 aromatic rings. The van der Waals surface area contributed by atoms with Gasteiger partial charge in [0.05, 0.1) is 27.9 Å². The van der Waals surface area contributed by atoms with E-state index in [1.165, 1.54) is 12.1 Å². The summed E-state index contributed by atoms with van der Waals surface area (Å²) in [7, 11) is 0. The van der Waals surface area contributed by atoms with Gasteiger partial charge < -0.3 is 16.2 Å². The second-order valence-corrected chi connectivity index (χ2v) is 5.06. The maximum atomic E-state index is 11.9. The largest absolute Gasteiger partial charge is 0.396 e. The number of carbonyl (C=O) groups excluding carboxylic acids is 1. The SMILES string of the molecule is Nc1c(Cl)cc(C(=O)NC2(CO)CC2)cc1Cl. The third-order valence-electron chi connectivity index (χ3n) is 2.88. The summed E-state index contributed by atoms with van der Waals surface area (Å²) in [6.07, 6.45) is 1.57. The molecule has 0 atom stereocenters. The highest BCUT2D eigenvalue weighted by Gasteiger charge is 2.43. The Labute approximate surface area is 109 Å². The number of nitrogens with two attached hydrogens (primary N) is 1. The number of hydrogen-bond donors (Lipinski definition) is 3. The van der Waals surface area contributed by atoms with Crippen LogP contribution in [0.5, 0.6) is 0 Å². The molecule has 17 heavy (non-hydrogen) atoms. The fraction of sp³-hybridized carbons (Fsp3) is 0.364. The number of hydrogen-bond acceptors (Lipinski definition) is 3. The first-order valence-corrected chi connectivity index (χ1v) is 5.91. The number of carbonyl (C=O) groups is 1. The molecule has 4 N–H and O–H groups in total. The third kappa shape index (κ3) is 2.49. The molecule has 0 bridgehead atoms. The van der Waals surface area contributed by atoms with Crippen LogP contribution in [0.25, 0.3) is 0 Å². The standard InChI is InChI=1S/C11H12Cl2N2O2/c12-7-3-6(4-8(13)9(7)14)10(17)15-11(5-16)1-2-11/h3-4,16H,1-2,5,14H2,(H,15,17). The lowest BCUT2D eigenvalue weighted by molar-refractivity contribution is 0.0907. The van der Waals surface area contributed by atoms with Crippen molar-refractivity contribution in [3.05, 3.63) is 27.7 Å². The molecule has 0 heterocycles. The van der Waals surface area contributed by atoms with Gasteiger partial charge in [0.15, 0.2) is 0 Å². The van der Waals surface area contributed by atoms with Crippen molar-refractivity contribution in [3.8, 4) is 0 Å². The number of aliphatic hydroxyl groups is 1. The first-order valence-electron chi connectivity index (χ1n) is 5.15. The molecule has 1 fully saturated rings. The van der Waals surface area contributed by atoms with Gasteiger partial charge in [0.25, 0.3) is 5.91 Å². The van der Waals surface area contributed by atoms with E-state index in [9.17, 15) is 4.79 Å². The van der Waals surface area contributed by atoms with E-state index in [0.717, 1.165) is 12.8 Å². The first kappa shape index (κ1) is 12.5. The first-order chi connectivity index (χ1) is 7.97. The predicted molar refractivity (Wildman–Crippen MR) is 67.4 cm³/mol. The summed E-state index contributed by atoms with van der Waals surface area (Å²) in [6, 6.07) is 2.93. The lowest BCUT2D eigenvalue weighted by Crippen LogP contribution is -2.39. The van der Waals surface area contributed by atoms with Crippen LogP contribution in [0, 0.1) is 0 Å². The van der Waals surface area contributed by atoms with Crippen molar-refractivity contribution in [2.45, 2.75) is 18.4 Å². The summed E-state index contributed by atoms with van der Waals surface area (Å²) < 4.78 is 0. The summed E-state index contributed by atoms with van der Waals surface area (Å²) in [6.45, 7) is -0.0603. The Morgan fingerprint density at radius 3 is 2.35 bits per heavy atom. The van der Waals surface area contributed by atoms with Crippen molar-refractivity contribution in [1.82, 2.24) is 5.32 Å². The van der Waals surface area contributed by atoms with Gasteiger partial charge in [-0.2, -0.15) is 0 Å². The van der Waals surface area contributed by atoms with Crippen LogP contribution in [-0.4, -0.2) is 23.2 Å². The highest BCUT2D eigenvalue weighted by atomic mass is 35.5. The van der Waals surface area contributed by atoms with E-state index in [4.69, 9.17) is 34.0 Å². The molecule has 2 rings (SSSR count). The molecular weight excluding hydrogens is 263 g/mol. The van der Waals surface area contributed by atoms with Crippen LogP contribution < -0.4 is 11.1 Å². The summed E-state index contributed by atoms with van der Waals surface area (Å²) in [4.78, 5) is 11.9. The number of amides is 1. The van der Waals surface area contributed by atoms with E-state index in [1.54, 1.807) is 0 Å². The summed E-state index contributed by atoms with van der Waals surface area (Å²) in [5.41, 5.74) is 5.72. The van der Waals surface area contributed by atoms with Gasteiger partial charge in [0.1, 0.15) is 0 Å². The number of anilines is 1. The normalized spacial score (nSPS) is 16.6. The van der Waals surface area contributed by atoms with Gasteiger partial charge >= 0.3 is 0 Å². The average Bonchev–Trinajstić information content (AvgIpc) is 3.05. The highest BCUT2D eigenvalue weighted by Crippen LogP contribution is 2.35. The summed E-state index contributed by atoms with van der Waals surface area (Å²) in [5.74, 6) is -0.305. The maximum absolute atomic E-state index is 11.9. The minimum atomic E-state index is -0.461. The number of halogens is 2. The smallest absolute Gasteiger partial charge is 0.251 e. The van der Waals surface area contributed by atoms with E-state index < -0.39 is 5.54 Å². The van der Waals surface area contributed by atoms with E-state index in [1.807, 2.05) is 0 Å². The molecule has 1 aromatic carbocycles. The molecule has 0 aliphatic heterocycles. The van der Waals surface area contributed by atoms with Crippen LogP contribution in [-0.2, 0) is 0 Å². The maximum Gasteiger partial charge on any atom is 0.251 e. The fourth-order valence-electron chi connectivity index (χ4n) is 1.50. The zero-order chi connectivity index (χ0) is 12.6.